The van der Waals surface area contributed by atoms with Gasteiger partial charge in [-0.1, -0.05) is 0 Å². The first-order chi connectivity index (χ1) is 14.4. The molecule has 5 heterocycles. The van der Waals surface area contributed by atoms with Gasteiger partial charge in [-0.25, -0.2) is 9.97 Å². The van der Waals surface area contributed by atoms with Gasteiger partial charge in [-0.2, -0.15) is 0 Å². The van der Waals surface area contributed by atoms with E-state index in [9.17, 15) is 9.59 Å². The number of fused-ring (bicyclic) bond motifs is 4. The molecule has 158 valence electrons. The van der Waals surface area contributed by atoms with Crippen molar-refractivity contribution >= 4 is 11.9 Å². The molecule has 0 unspecified atom stereocenters. The van der Waals surface area contributed by atoms with E-state index in [0.717, 1.165) is 60.2 Å². The van der Waals surface area contributed by atoms with E-state index in [0.29, 0.717) is 19.0 Å². The van der Waals surface area contributed by atoms with Gasteiger partial charge in [-0.3, -0.25) is 9.59 Å². The maximum Gasteiger partial charge on any atom is 0.251 e. The average Bonchev–Trinajstić information content (AvgIpc) is 3.25. The number of piperidine rings is 1. The normalized spacial score (nSPS) is 22.9. The van der Waals surface area contributed by atoms with Gasteiger partial charge in [-0.15, -0.1) is 0 Å². The van der Waals surface area contributed by atoms with Crippen LogP contribution in [0, 0.1) is 19.8 Å². The van der Waals surface area contributed by atoms with Crippen LogP contribution in [0.2, 0.25) is 0 Å². The Morgan fingerprint density at radius 1 is 1.07 bits per heavy atom. The summed E-state index contributed by atoms with van der Waals surface area (Å²) in [6, 6.07) is 3.87. The Balaban J connectivity index is 1.59. The minimum absolute atomic E-state index is 0.0341. The number of aromatic nitrogens is 3. The highest BCUT2D eigenvalue weighted by atomic mass is 16.2. The van der Waals surface area contributed by atoms with Crippen LogP contribution in [0.4, 0.5) is 5.95 Å². The van der Waals surface area contributed by atoms with Crippen molar-refractivity contribution in [2.24, 2.45) is 5.92 Å². The third-order valence-electron chi connectivity index (χ3n) is 7.04. The molecule has 0 N–H and O–H groups in total. The van der Waals surface area contributed by atoms with Gasteiger partial charge in [0.1, 0.15) is 0 Å². The average molecular weight is 408 g/mol. The van der Waals surface area contributed by atoms with Crippen LogP contribution >= 0.6 is 0 Å². The molecule has 0 aromatic carbocycles. The van der Waals surface area contributed by atoms with Crippen LogP contribution in [0.25, 0.3) is 11.3 Å². The zero-order chi connectivity index (χ0) is 21.0. The van der Waals surface area contributed by atoms with Crippen LogP contribution in [0.5, 0.6) is 0 Å². The van der Waals surface area contributed by atoms with Gasteiger partial charge >= 0.3 is 0 Å². The number of anilines is 1. The minimum Gasteiger partial charge on any atom is -0.342 e. The van der Waals surface area contributed by atoms with Gasteiger partial charge in [0.15, 0.2) is 0 Å². The quantitative estimate of drug-likeness (QED) is 0.765. The number of hydrogen-bond donors (Lipinski definition) is 0. The lowest BCUT2D eigenvalue weighted by atomic mass is 9.82. The summed E-state index contributed by atoms with van der Waals surface area (Å²) in [5.74, 6) is 1.45. The number of hydrogen-bond acceptors (Lipinski definition) is 5. The number of carbonyl (C=O) groups is 1. The van der Waals surface area contributed by atoms with E-state index in [1.165, 1.54) is 12.8 Å². The third kappa shape index (κ3) is 3.20. The fraction of sp³-hybridized carbons (Fsp3) is 0.565. The van der Waals surface area contributed by atoms with Gasteiger partial charge in [0.2, 0.25) is 11.9 Å². The molecule has 0 radical (unpaired) electrons. The lowest BCUT2D eigenvalue weighted by molar-refractivity contribution is -0.131. The van der Waals surface area contributed by atoms with Crippen molar-refractivity contribution in [2.75, 3.05) is 31.1 Å². The first-order valence-corrected chi connectivity index (χ1v) is 11.0. The first kappa shape index (κ1) is 19.3. The van der Waals surface area contributed by atoms with Gasteiger partial charge in [0, 0.05) is 68.6 Å². The minimum atomic E-state index is 0.0341. The monoisotopic (exact) mass is 407 g/mol. The summed E-state index contributed by atoms with van der Waals surface area (Å²) >= 11 is 0. The van der Waals surface area contributed by atoms with Crippen molar-refractivity contribution in [3.05, 3.63) is 39.4 Å². The van der Waals surface area contributed by atoms with Crippen molar-refractivity contribution in [1.29, 1.82) is 0 Å². The fourth-order valence-corrected chi connectivity index (χ4v) is 5.31. The number of nitrogens with zero attached hydrogens (tertiary/aromatic N) is 5. The summed E-state index contributed by atoms with van der Waals surface area (Å²) < 4.78 is 1.92. The molecule has 0 saturated carbocycles. The van der Waals surface area contributed by atoms with E-state index in [1.54, 1.807) is 13.0 Å². The Bertz CT molecular complexity index is 1070. The topological polar surface area (TPSA) is 71.3 Å². The molecule has 5 rings (SSSR count). The van der Waals surface area contributed by atoms with E-state index >= 15 is 0 Å². The van der Waals surface area contributed by atoms with Crippen LogP contribution in [-0.4, -0.2) is 51.5 Å². The largest absolute Gasteiger partial charge is 0.342 e. The van der Waals surface area contributed by atoms with Gasteiger partial charge in [0.25, 0.3) is 5.56 Å². The smallest absolute Gasteiger partial charge is 0.251 e. The lowest BCUT2D eigenvalue weighted by Crippen LogP contribution is -2.48. The van der Waals surface area contributed by atoms with Crippen molar-refractivity contribution < 1.29 is 4.79 Å². The van der Waals surface area contributed by atoms with Crippen LogP contribution in [0.1, 0.15) is 49.1 Å². The van der Waals surface area contributed by atoms with E-state index in [2.05, 4.69) is 11.0 Å². The Labute approximate surface area is 176 Å². The van der Waals surface area contributed by atoms with Crippen LogP contribution in [-0.2, 0) is 11.3 Å². The summed E-state index contributed by atoms with van der Waals surface area (Å²) in [6.45, 7) is 9.79. The standard InChI is InChI=1S/C23H29N5O2/c1-14-15(2)24-23(26-6-4-5-7-26)25-22(14)18-9-20-19-8-17(11-27(13-19)16(3)29)12-28(20)21(30)10-18/h9-10,17,19H,4-8,11-13H2,1-3H3/t17-,19+/m0/s1. The Hall–Kier alpha value is -2.70. The second kappa shape index (κ2) is 7.22. The molecule has 2 bridgehead atoms. The van der Waals surface area contributed by atoms with Crippen LogP contribution in [0.15, 0.2) is 16.9 Å². The summed E-state index contributed by atoms with van der Waals surface area (Å²) in [5.41, 5.74) is 4.77. The van der Waals surface area contributed by atoms with Crippen molar-refractivity contribution in [2.45, 2.75) is 52.5 Å². The molecule has 0 aliphatic carbocycles. The van der Waals surface area contributed by atoms with Crippen molar-refractivity contribution in [3.63, 3.8) is 0 Å². The lowest BCUT2D eigenvalue weighted by Gasteiger charge is -2.42. The Kier molecular flexibility index (Phi) is 4.64. The number of amides is 1. The molecule has 2 saturated heterocycles. The fourth-order valence-electron chi connectivity index (χ4n) is 5.31. The SMILES string of the molecule is CC(=O)N1C[C@@H]2C[C@H](C1)c1cc(-c3nc(N4CCCC4)nc(C)c3C)cc(=O)n1C2. The van der Waals surface area contributed by atoms with Gasteiger partial charge in [-0.05, 0) is 50.7 Å². The third-order valence-corrected chi connectivity index (χ3v) is 7.04. The first-order valence-electron chi connectivity index (χ1n) is 11.0. The van der Waals surface area contributed by atoms with Gasteiger partial charge in [0.05, 0.1) is 5.69 Å². The number of likely N-dealkylation sites (tertiary alicyclic amines) is 1. The molecule has 2 fully saturated rings. The molecule has 30 heavy (non-hydrogen) atoms. The molecule has 7 nitrogen and oxygen atoms in total. The highest BCUT2D eigenvalue weighted by Crippen LogP contribution is 2.37. The Morgan fingerprint density at radius 2 is 1.83 bits per heavy atom. The number of rotatable bonds is 2. The van der Waals surface area contributed by atoms with Crippen molar-refractivity contribution in [1.82, 2.24) is 19.4 Å². The zero-order valence-electron chi connectivity index (χ0n) is 18.0. The van der Waals surface area contributed by atoms with E-state index in [4.69, 9.17) is 9.97 Å². The molecule has 2 aromatic heterocycles. The number of carbonyl (C=O) groups excluding carboxylic acids is 1. The molecular weight excluding hydrogens is 378 g/mol. The molecule has 0 spiro atoms. The predicted molar refractivity (Wildman–Crippen MR) is 116 cm³/mol. The summed E-state index contributed by atoms with van der Waals surface area (Å²) in [5, 5.41) is 0. The zero-order valence-corrected chi connectivity index (χ0v) is 18.0. The predicted octanol–water partition coefficient (Wildman–Crippen LogP) is 2.49. The van der Waals surface area contributed by atoms with Crippen LogP contribution < -0.4 is 10.5 Å². The van der Waals surface area contributed by atoms with E-state index in [-0.39, 0.29) is 17.4 Å². The maximum atomic E-state index is 13.1. The van der Waals surface area contributed by atoms with Crippen LogP contribution in [0.3, 0.4) is 0 Å². The highest BCUT2D eigenvalue weighted by Gasteiger charge is 2.36. The number of aryl methyl sites for hydroxylation is 1. The summed E-state index contributed by atoms with van der Waals surface area (Å²) in [6.07, 6.45) is 3.37. The van der Waals surface area contributed by atoms with Gasteiger partial charge < -0.3 is 14.4 Å². The molecule has 1 amide bonds. The van der Waals surface area contributed by atoms with Crippen molar-refractivity contribution in [3.8, 4) is 11.3 Å². The van der Waals surface area contributed by atoms with E-state index < -0.39 is 0 Å². The summed E-state index contributed by atoms with van der Waals surface area (Å²) in [4.78, 5) is 38.8. The molecular formula is C23H29N5O2. The molecule has 3 aliphatic heterocycles. The molecule has 7 heteroatoms. The molecule has 3 aliphatic rings. The second-order valence-electron chi connectivity index (χ2n) is 9.12. The molecule has 2 aromatic rings. The molecule has 2 atom stereocenters. The summed E-state index contributed by atoms with van der Waals surface area (Å²) in [7, 11) is 0. The maximum absolute atomic E-state index is 13.1. The highest BCUT2D eigenvalue weighted by molar-refractivity contribution is 5.73. The number of pyridine rings is 1. The van der Waals surface area contributed by atoms with E-state index in [1.807, 2.05) is 23.3 Å². The Morgan fingerprint density at radius 3 is 2.57 bits per heavy atom. The second-order valence-corrected chi connectivity index (χ2v) is 9.12.